The van der Waals surface area contributed by atoms with Crippen molar-refractivity contribution in [2.75, 3.05) is 12.3 Å². The molecule has 4 rings (SSSR count). The summed E-state index contributed by atoms with van der Waals surface area (Å²) >= 11 is 0. The lowest BCUT2D eigenvalue weighted by molar-refractivity contribution is -0.121. The SMILES string of the molecule is CCCC[C@H](CC1C[C@H]2CC[C@]3(C)[C@@H]([C@H](C)CCC(=O)NCCS(=O)(=O)O)CC[C@H]3[C@@H]2[C@@H](O)C1)OC(=O)c1ccccc1. The monoisotopic (exact) mass is 619 g/mol. The summed E-state index contributed by atoms with van der Waals surface area (Å²) in [5.74, 6) is 1.55. The molecule has 3 saturated carbocycles. The van der Waals surface area contributed by atoms with E-state index in [1.165, 1.54) is 0 Å². The maximum Gasteiger partial charge on any atom is 0.338 e. The normalized spacial score (nSPS) is 31.8. The van der Waals surface area contributed by atoms with Crippen LogP contribution in [0.3, 0.4) is 0 Å². The fraction of sp³-hybridized carbons (Fsp3) is 0.765. The van der Waals surface area contributed by atoms with E-state index in [0.717, 1.165) is 70.6 Å². The smallest absolute Gasteiger partial charge is 0.338 e. The lowest BCUT2D eigenvalue weighted by atomic mass is 9.52. The molecule has 3 aliphatic carbocycles. The number of fused-ring (bicyclic) bond motifs is 3. The third-order valence-corrected chi connectivity index (χ3v) is 11.9. The van der Waals surface area contributed by atoms with E-state index in [1.54, 1.807) is 12.1 Å². The Labute approximate surface area is 258 Å². The van der Waals surface area contributed by atoms with Crippen molar-refractivity contribution in [3.05, 3.63) is 35.9 Å². The number of carbonyl (C=O) groups excluding carboxylic acids is 2. The van der Waals surface area contributed by atoms with Crippen LogP contribution in [0.5, 0.6) is 0 Å². The lowest BCUT2D eigenvalue weighted by Crippen LogP contribution is -2.50. The molecule has 0 aromatic heterocycles. The maximum absolute atomic E-state index is 12.8. The fourth-order valence-electron chi connectivity index (χ4n) is 9.11. The molecule has 0 bridgehead atoms. The Hall–Kier alpha value is -1.97. The number of hydrogen-bond donors (Lipinski definition) is 3. The summed E-state index contributed by atoms with van der Waals surface area (Å²) in [6, 6.07) is 9.20. The lowest BCUT2D eigenvalue weighted by Gasteiger charge is -2.54. The second-order valence-electron chi connectivity index (χ2n) is 14.0. The molecule has 3 N–H and O–H groups in total. The van der Waals surface area contributed by atoms with Crippen LogP contribution in [0.1, 0.15) is 108 Å². The van der Waals surface area contributed by atoms with Gasteiger partial charge in [0.25, 0.3) is 10.1 Å². The highest BCUT2D eigenvalue weighted by atomic mass is 32.2. The molecule has 0 aliphatic heterocycles. The first-order valence-electron chi connectivity index (χ1n) is 16.6. The van der Waals surface area contributed by atoms with E-state index < -0.39 is 15.9 Å². The van der Waals surface area contributed by atoms with Crippen molar-refractivity contribution in [1.82, 2.24) is 5.32 Å². The Morgan fingerprint density at radius 2 is 1.86 bits per heavy atom. The molecule has 1 unspecified atom stereocenters. The molecule has 3 fully saturated rings. The van der Waals surface area contributed by atoms with E-state index in [1.807, 2.05) is 18.2 Å². The highest BCUT2D eigenvalue weighted by Gasteiger charge is 2.57. The van der Waals surface area contributed by atoms with Crippen LogP contribution < -0.4 is 5.32 Å². The average molecular weight is 620 g/mol. The number of nitrogens with one attached hydrogen (secondary N) is 1. The molecule has 1 aromatic rings. The molecule has 9 heteroatoms. The number of esters is 1. The number of benzene rings is 1. The van der Waals surface area contributed by atoms with Gasteiger partial charge in [-0.05, 0) is 111 Å². The first-order chi connectivity index (χ1) is 20.4. The van der Waals surface area contributed by atoms with Gasteiger partial charge in [-0.15, -0.1) is 0 Å². The van der Waals surface area contributed by atoms with Gasteiger partial charge >= 0.3 is 5.97 Å². The molecular weight excluding hydrogens is 566 g/mol. The van der Waals surface area contributed by atoms with Crippen molar-refractivity contribution >= 4 is 22.0 Å². The van der Waals surface area contributed by atoms with E-state index in [9.17, 15) is 23.1 Å². The van der Waals surface area contributed by atoms with Crippen LogP contribution in [-0.4, -0.2) is 54.5 Å². The number of aliphatic hydroxyl groups excluding tert-OH is 1. The molecule has 8 nitrogen and oxygen atoms in total. The van der Waals surface area contributed by atoms with Crippen LogP contribution in [0.15, 0.2) is 30.3 Å². The second-order valence-corrected chi connectivity index (χ2v) is 15.6. The standard InChI is InChI=1S/C34H53NO7S/c1-4-5-11-27(42-33(38)25-9-7-6-8-10-25)21-24-20-26-16-17-34(3)28(13-14-29(34)32(26)30(36)22-24)23(2)12-15-31(37)35-18-19-43(39,40)41/h6-10,23-24,26-30,32,36H,4-5,11-22H2,1-3H3,(H,35,37)(H,39,40,41)/t23-,24?,26-,27-,28-,29+,30+,32-,34-/m1/s1. The first-order valence-corrected chi connectivity index (χ1v) is 18.2. The van der Waals surface area contributed by atoms with Crippen molar-refractivity contribution in [2.45, 2.75) is 110 Å². The van der Waals surface area contributed by atoms with Gasteiger partial charge in [0, 0.05) is 13.0 Å². The van der Waals surface area contributed by atoms with Crippen LogP contribution in [0.4, 0.5) is 0 Å². The molecule has 1 amide bonds. The van der Waals surface area contributed by atoms with E-state index in [4.69, 9.17) is 9.29 Å². The third-order valence-electron chi connectivity index (χ3n) is 11.2. The van der Waals surface area contributed by atoms with Crippen molar-refractivity contribution in [1.29, 1.82) is 0 Å². The molecule has 0 heterocycles. The van der Waals surface area contributed by atoms with E-state index >= 15 is 0 Å². The maximum atomic E-state index is 12.8. The van der Waals surface area contributed by atoms with Crippen LogP contribution in [0.25, 0.3) is 0 Å². The Morgan fingerprint density at radius 1 is 1.12 bits per heavy atom. The molecule has 0 radical (unpaired) electrons. The average Bonchev–Trinajstić information content (AvgIpc) is 3.31. The van der Waals surface area contributed by atoms with Gasteiger partial charge in [0.05, 0.1) is 17.4 Å². The first kappa shape index (κ1) is 33.9. The van der Waals surface area contributed by atoms with E-state index in [-0.39, 0.29) is 36.0 Å². The summed E-state index contributed by atoms with van der Waals surface area (Å²) in [5.41, 5.74) is 0.729. The number of ether oxygens (including phenoxy) is 1. The van der Waals surface area contributed by atoms with Gasteiger partial charge < -0.3 is 15.2 Å². The predicted molar refractivity (Wildman–Crippen MR) is 167 cm³/mol. The highest BCUT2D eigenvalue weighted by molar-refractivity contribution is 7.85. The number of unbranched alkanes of at least 4 members (excludes halogenated alkanes) is 1. The van der Waals surface area contributed by atoms with Gasteiger partial charge in [-0.3, -0.25) is 9.35 Å². The van der Waals surface area contributed by atoms with Gasteiger partial charge in [0.15, 0.2) is 0 Å². The summed E-state index contributed by atoms with van der Waals surface area (Å²) in [4.78, 5) is 25.1. The third kappa shape index (κ3) is 8.82. The number of hydrogen-bond acceptors (Lipinski definition) is 6. The Bertz CT molecular complexity index is 1170. The molecule has 1 aromatic carbocycles. The molecule has 43 heavy (non-hydrogen) atoms. The zero-order valence-electron chi connectivity index (χ0n) is 26.2. The number of rotatable bonds is 14. The minimum absolute atomic E-state index is 0.0774. The molecule has 242 valence electrons. The highest BCUT2D eigenvalue weighted by Crippen LogP contribution is 2.64. The molecule has 0 saturated heterocycles. The zero-order chi connectivity index (χ0) is 31.2. The van der Waals surface area contributed by atoms with Gasteiger partial charge in [0.1, 0.15) is 6.10 Å². The number of amides is 1. The second kappa shape index (κ2) is 14.9. The zero-order valence-corrected chi connectivity index (χ0v) is 27.1. The predicted octanol–water partition coefficient (Wildman–Crippen LogP) is 6.04. The van der Waals surface area contributed by atoms with Gasteiger partial charge in [-0.25, -0.2) is 4.79 Å². The largest absolute Gasteiger partial charge is 0.459 e. The minimum atomic E-state index is -4.08. The van der Waals surface area contributed by atoms with E-state index in [2.05, 4.69) is 26.1 Å². The van der Waals surface area contributed by atoms with E-state index in [0.29, 0.717) is 47.5 Å². The topological polar surface area (TPSA) is 130 Å². The Kier molecular flexibility index (Phi) is 11.7. The minimum Gasteiger partial charge on any atom is -0.459 e. The Morgan fingerprint density at radius 3 is 2.56 bits per heavy atom. The summed E-state index contributed by atoms with van der Waals surface area (Å²) in [7, 11) is -4.08. The van der Waals surface area contributed by atoms with Gasteiger partial charge in [-0.1, -0.05) is 51.8 Å². The number of carbonyl (C=O) groups is 2. The van der Waals surface area contributed by atoms with Crippen LogP contribution in [0, 0.1) is 40.9 Å². The van der Waals surface area contributed by atoms with Crippen molar-refractivity contribution in [3.63, 3.8) is 0 Å². The van der Waals surface area contributed by atoms with Gasteiger partial charge in [-0.2, -0.15) is 8.42 Å². The molecular formula is C34H53NO7S. The van der Waals surface area contributed by atoms with Crippen LogP contribution in [0.2, 0.25) is 0 Å². The number of aliphatic hydroxyl groups is 1. The van der Waals surface area contributed by atoms with Crippen LogP contribution in [-0.2, 0) is 19.6 Å². The van der Waals surface area contributed by atoms with Crippen molar-refractivity contribution in [3.8, 4) is 0 Å². The summed E-state index contributed by atoms with van der Waals surface area (Å²) in [6.07, 6.45) is 10.7. The van der Waals surface area contributed by atoms with Crippen molar-refractivity contribution in [2.24, 2.45) is 40.9 Å². The van der Waals surface area contributed by atoms with Crippen LogP contribution >= 0.6 is 0 Å². The molecule has 3 aliphatic rings. The molecule has 0 spiro atoms. The summed E-state index contributed by atoms with van der Waals surface area (Å²) in [6.45, 7) is 6.72. The summed E-state index contributed by atoms with van der Waals surface area (Å²) < 4.78 is 36.7. The summed E-state index contributed by atoms with van der Waals surface area (Å²) in [5, 5.41) is 14.2. The fourth-order valence-corrected chi connectivity index (χ4v) is 9.47. The Balaban J connectivity index is 1.32. The quantitative estimate of drug-likeness (QED) is 0.171. The molecule has 9 atom stereocenters. The van der Waals surface area contributed by atoms with Crippen molar-refractivity contribution < 1.29 is 32.4 Å². The van der Waals surface area contributed by atoms with Gasteiger partial charge in [0.2, 0.25) is 5.91 Å².